The third-order valence-corrected chi connectivity index (χ3v) is 3.24. The Hall–Kier alpha value is -1.36. The highest BCUT2D eigenvalue weighted by molar-refractivity contribution is 6.31. The number of pyridine rings is 1. The number of hydrogen-bond acceptors (Lipinski definition) is 3. The van der Waals surface area contributed by atoms with Gasteiger partial charge in [0, 0.05) is 24.9 Å². The zero-order chi connectivity index (χ0) is 14.5. The zero-order valence-corrected chi connectivity index (χ0v) is 12.3. The van der Waals surface area contributed by atoms with Gasteiger partial charge in [0.2, 0.25) is 5.88 Å². The average molecular weight is 315 g/mol. The fourth-order valence-corrected chi connectivity index (χ4v) is 1.86. The predicted octanol–water partition coefficient (Wildman–Crippen LogP) is 4.43. The number of halogens is 3. The first-order valence-electron chi connectivity index (χ1n) is 6.08. The molecule has 0 radical (unpaired) electrons. The van der Waals surface area contributed by atoms with Gasteiger partial charge in [-0.15, -0.1) is 0 Å². The summed E-state index contributed by atoms with van der Waals surface area (Å²) in [7, 11) is 0. The molecule has 0 aliphatic heterocycles. The Morgan fingerprint density at radius 1 is 1.25 bits per heavy atom. The van der Waals surface area contributed by atoms with Crippen LogP contribution in [0.15, 0.2) is 30.5 Å². The summed E-state index contributed by atoms with van der Waals surface area (Å²) < 4.78 is 18.8. The molecule has 2 aromatic rings. The molecule has 3 nitrogen and oxygen atoms in total. The highest BCUT2D eigenvalue weighted by Crippen LogP contribution is 2.26. The Bertz CT molecular complexity index is 608. The molecule has 0 saturated heterocycles. The van der Waals surface area contributed by atoms with Gasteiger partial charge in [0.15, 0.2) is 0 Å². The number of ether oxygens (including phenoxy) is 1. The molecule has 0 fully saturated rings. The van der Waals surface area contributed by atoms with Crippen molar-refractivity contribution in [3.63, 3.8) is 0 Å². The van der Waals surface area contributed by atoms with Crippen LogP contribution >= 0.6 is 23.2 Å². The third kappa shape index (κ3) is 3.82. The number of nitrogens with zero attached hydrogens (tertiary/aromatic N) is 1. The summed E-state index contributed by atoms with van der Waals surface area (Å²) in [5.41, 5.74) is 0.868. The van der Waals surface area contributed by atoms with Crippen molar-refractivity contribution in [2.75, 3.05) is 6.54 Å². The van der Waals surface area contributed by atoms with Crippen LogP contribution in [0.2, 0.25) is 10.0 Å². The van der Waals surface area contributed by atoms with Crippen LogP contribution in [0.3, 0.4) is 0 Å². The molecular formula is C14H13Cl2FN2O. The number of hydrogen-bond donors (Lipinski definition) is 1. The maximum absolute atomic E-state index is 13.3. The van der Waals surface area contributed by atoms with Crippen molar-refractivity contribution in [1.29, 1.82) is 0 Å². The maximum atomic E-state index is 13.3. The molecule has 0 amide bonds. The minimum absolute atomic E-state index is 0.0502. The molecule has 1 N–H and O–H groups in total. The van der Waals surface area contributed by atoms with Crippen LogP contribution in [0.1, 0.15) is 12.5 Å². The second-order valence-electron chi connectivity index (χ2n) is 4.07. The van der Waals surface area contributed by atoms with Crippen LogP contribution < -0.4 is 10.1 Å². The van der Waals surface area contributed by atoms with Gasteiger partial charge in [0.25, 0.3) is 0 Å². The van der Waals surface area contributed by atoms with Gasteiger partial charge in [-0.05, 0) is 24.2 Å². The van der Waals surface area contributed by atoms with Crippen molar-refractivity contribution in [1.82, 2.24) is 10.3 Å². The zero-order valence-electron chi connectivity index (χ0n) is 10.8. The van der Waals surface area contributed by atoms with E-state index in [1.165, 1.54) is 18.3 Å². The van der Waals surface area contributed by atoms with Crippen molar-refractivity contribution in [3.8, 4) is 11.6 Å². The molecule has 106 valence electrons. The highest BCUT2D eigenvalue weighted by atomic mass is 35.5. The van der Waals surface area contributed by atoms with Crippen molar-refractivity contribution in [2.45, 2.75) is 13.5 Å². The Balaban J connectivity index is 2.18. The van der Waals surface area contributed by atoms with Gasteiger partial charge in [0.1, 0.15) is 11.6 Å². The normalized spacial score (nSPS) is 10.6. The standard InChI is InChI=1S/C14H13Cl2FN2O/c1-2-18-7-9-5-14(19-8-12(9)16)20-10-3-4-11(15)13(17)6-10/h3-6,8,18H,2,7H2,1H3. The summed E-state index contributed by atoms with van der Waals surface area (Å²) in [5.74, 6) is 0.145. The largest absolute Gasteiger partial charge is 0.439 e. The molecule has 0 aliphatic rings. The van der Waals surface area contributed by atoms with Gasteiger partial charge in [-0.3, -0.25) is 0 Å². The van der Waals surface area contributed by atoms with E-state index in [-0.39, 0.29) is 5.02 Å². The van der Waals surface area contributed by atoms with Crippen molar-refractivity contribution in [3.05, 3.63) is 51.9 Å². The lowest BCUT2D eigenvalue weighted by molar-refractivity contribution is 0.457. The van der Waals surface area contributed by atoms with E-state index in [4.69, 9.17) is 27.9 Å². The van der Waals surface area contributed by atoms with Crippen LogP contribution in [-0.4, -0.2) is 11.5 Å². The summed E-state index contributed by atoms with van der Waals surface area (Å²) in [6.45, 7) is 3.45. The van der Waals surface area contributed by atoms with Gasteiger partial charge in [-0.2, -0.15) is 0 Å². The maximum Gasteiger partial charge on any atom is 0.219 e. The first kappa shape index (κ1) is 15.0. The molecule has 6 heteroatoms. The molecule has 0 unspecified atom stereocenters. The molecular weight excluding hydrogens is 302 g/mol. The Morgan fingerprint density at radius 3 is 2.75 bits per heavy atom. The number of aromatic nitrogens is 1. The molecule has 2 rings (SSSR count). The number of nitrogens with one attached hydrogen (secondary N) is 1. The fourth-order valence-electron chi connectivity index (χ4n) is 1.57. The highest BCUT2D eigenvalue weighted by Gasteiger charge is 2.07. The van der Waals surface area contributed by atoms with Crippen LogP contribution in [0.4, 0.5) is 4.39 Å². The molecule has 0 spiro atoms. The molecule has 0 aliphatic carbocycles. The first-order valence-corrected chi connectivity index (χ1v) is 6.83. The minimum atomic E-state index is -0.536. The van der Waals surface area contributed by atoms with Gasteiger partial charge in [0.05, 0.1) is 10.0 Å². The van der Waals surface area contributed by atoms with Gasteiger partial charge in [-0.1, -0.05) is 30.1 Å². The fraction of sp³-hybridized carbons (Fsp3) is 0.214. The Labute approximate surface area is 126 Å². The number of benzene rings is 1. The van der Waals surface area contributed by atoms with E-state index < -0.39 is 5.82 Å². The summed E-state index contributed by atoms with van der Waals surface area (Å²) in [4.78, 5) is 4.06. The molecule has 0 saturated carbocycles. The van der Waals surface area contributed by atoms with Gasteiger partial charge in [-0.25, -0.2) is 9.37 Å². The average Bonchev–Trinajstić information content (AvgIpc) is 2.43. The SMILES string of the molecule is CCNCc1cc(Oc2ccc(Cl)c(F)c2)ncc1Cl. The summed E-state index contributed by atoms with van der Waals surface area (Å²) >= 11 is 11.7. The second kappa shape index (κ2) is 6.88. The predicted molar refractivity (Wildman–Crippen MR) is 78.1 cm³/mol. The Kier molecular flexibility index (Phi) is 5.17. The van der Waals surface area contributed by atoms with Gasteiger partial charge >= 0.3 is 0 Å². The van der Waals surface area contributed by atoms with E-state index in [0.717, 1.165) is 12.1 Å². The van der Waals surface area contributed by atoms with Gasteiger partial charge < -0.3 is 10.1 Å². The van der Waals surface area contributed by atoms with E-state index in [1.54, 1.807) is 12.1 Å². The smallest absolute Gasteiger partial charge is 0.219 e. The molecule has 1 aromatic carbocycles. The lowest BCUT2D eigenvalue weighted by Gasteiger charge is -2.09. The van der Waals surface area contributed by atoms with E-state index in [2.05, 4.69) is 10.3 Å². The minimum Gasteiger partial charge on any atom is -0.439 e. The first-order chi connectivity index (χ1) is 9.60. The molecule has 1 aromatic heterocycles. The van der Waals surface area contributed by atoms with Crippen molar-refractivity contribution in [2.24, 2.45) is 0 Å². The summed E-state index contributed by atoms with van der Waals surface area (Å²) in [5, 5.41) is 3.77. The summed E-state index contributed by atoms with van der Waals surface area (Å²) in [6.07, 6.45) is 1.51. The molecule has 0 bridgehead atoms. The van der Waals surface area contributed by atoms with Crippen molar-refractivity contribution < 1.29 is 9.13 Å². The third-order valence-electron chi connectivity index (χ3n) is 2.59. The van der Waals surface area contributed by atoms with Crippen LogP contribution in [0, 0.1) is 5.82 Å². The van der Waals surface area contributed by atoms with E-state index in [9.17, 15) is 4.39 Å². The van der Waals surface area contributed by atoms with E-state index >= 15 is 0 Å². The second-order valence-corrected chi connectivity index (χ2v) is 4.89. The molecule has 0 atom stereocenters. The van der Waals surface area contributed by atoms with E-state index in [0.29, 0.717) is 23.2 Å². The van der Waals surface area contributed by atoms with Crippen LogP contribution in [0.25, 0.3) is 0 Å². The molecule has 1 heterocycles. The van der Waals surface area contributed by atoms with E-state index in [1.807, 2.05) is 6.92 Å². The monoisotopic (exact) mass is 314 g/mol. The summed E-state index contributed by atoms with van der Waals surface area (Å²) in [6, 6.07) is 5.94. The van der Waals surface area contributed by atoms with Crippen molar-refractivity contribution >= 4 is 23.2 Å². The topological polar surface area (TPSA) is 34.1 Å². The molecule has 20 heavy (non-hydrogen) atoms. The lowest BCUT2D eigenvalue weighted by Crippen LogP contribution is -2.12. The number of rotatable bonds is 5. The van der Waals surface area contributed by atoms with Crippen LogP contribution in [-0.2, 0) is 6.54 Å². The lowest BCUT2D eigenvalue weighted by atomic mass is 10.2. The quantitative estimate of drug-likeness (QED) is 0.886. The van der Waals surface area contributed by atoms with Crippen LogP contribution in [0.5, 0.6) is 11.6 Å². The Morgan fingerprint density at radius 2 is 2.05 bits per heavy atom.